The zero-order valence-corrected chi connectivity index (χ0v) is 26.1. The number of carbonyl (C=O) groups is 3. The molecular weight excluding hydrogens is 632 g/mol. The number of anilines is 1. The summed E-state index contributed by atoms with van der Waals surface area (Å²) in [5.74, 6) is 0.507. The first-order valence-corrected chi connectivity index (χ1v) is 14.8. The average molecular weight is 662 g/mol. The third-order valence-electron chi connectivity index (χ3n) is 6.18. The van der Waals surface area contributed by atoms with Gasteiger partial charge in [0.15, 0.2) is 17.3 Å². The van der Waals surface area contributed by atoms with Crippen molar-refractivity contribution in [3.8, 4) is 17.2 Å². The van der Waals surface area contributed by atoms with Crippen LogP contribution in [0.2, 0.25) is 0 Å². The minimum Gasteiger partial charge on any atom is -0.493 e. The van der Waals surface area contributed by atoms with Gasteiger partial charge in [-0.2, -0.15) is 0 Å². The molecule has 4 rings (SSSR count). The maximum absolute atomic E-state index is 13.5. The van der Waals surface area contributed by atoms with Crippen LogP contribution >= 0.6 is 27.7 Å². The van der Waals surface area contributed by atoms with Crippen LogP contribution in [0.15, 0.2) is 106 Å². The molecule has 0 saturated heterocycles. The van der Waals surface area contributed by atoms with Crippen LogP contribution in [0.5, 0.6) is 17.2 Å². The first-order valence-electron chi connectivity index (χ1n) is 13.0. The number of rotatable bonds is 12. The number of methoxy groups -OCH3 is 3. The minimum atomic E-state index is -0.538. The van der Waals surface area contributed by atoms with Gasteiger partial charge in [0.2, 0.25) is 5.75 Å². The molecule has 0 radical (unpaired) electrons. The Hall–Kier alpha value is -4.54. The van der Waals surface area contributed by atoms with Crippen molar-refractivity contribution in [3.05, 3.63) is 118 Å². The van der Waals surface area contributed by atoms with Crippen molar-refractivity contribution in [3.63, 3.8) is 0 Å². The molecule has 0 unspecified atom stereocenters. The lowest BCUT2D eigenvalue weighted by molar-refractivity contribution is -0.113. The molecule has 10 heteroatoms. The van der Waals surface area contributed by atoms with Gasteiger partial charge in [-0.05, 0) is 72.3 Å². The molecule has 0 heterocycles. The molecule has 220 valence electrons. The topological polar surface area (TPSA) is 103 Å². The van der Waals surface area contributed by atoms with E-state index in [0.29, 0.717) is 39.6 Å². The van der Waals surface area contributed by atoms with Crippen molar-refractivity contribution >= 4 is 57.1 Å². The van der Waals surface area contributed by atoms with Crippen LogP contribution in [0.25, 0.3) is 6.08 Å². The van der Waals surface area contributed by atoms with E-state index in [1.54, 1.807) is 66.7 Å². The van der Waals surface area contributed by atoms with Crippen LogP contribution in [0, 0.1) is 0 Å². The van der Waals surface area contributed by atoms with Crippen molar-refractivity contribution < 1.29 is 28.6 Å². The van der Waals surface area contributed by atoms with Crippen LogP contribution < -0.4 is 24.8 Å². The average Bonchev–Trinajstić information content (AvgIpc) is 3.04. The van der Waals surface area contributed by atoms with E-state index in [2.05, 4.69) is 26.6 Å². The van der Waals surface area contributed by atoms with Crippen molar-refractivity contribution in [1.82, 2.24) is 5.32 Å². The summed E-state index contributed by atoms with van der Waals surface area (Å²) in [6.45, 7) is 0. The monoisotopic (exact) mass is 660 g/mol. The van der Waals surface area contributed by atoms with E-state index in [1.165, 1.54) is 39.2 Å². The van der Waals surface area contributed by atoms with E-state index in [9.17, 15) is 14.4 Å². The fraction of sp³-hybridized carbons (Fsp3) is 0.121. The molecule has 0 saturated carbocycles. The molecule has 2 amide bonds. The van der Waals surface area contributed by atoms with Crippen LogP contribution in [0.3, 0.4) is 0 Å². The van der Waals surface area contributed by atoms with E-state index >= 15 is 0 Å². The number of ether oxygens (including phenoxy) is 3. The third kappa shape index (κ3) is 8.50. The number of carbonyl (C=O) groups excluding carboxylic acids is 3. The van der Waals surface area contributed by atoms with Gasteiger partial charge in [0.1, 0.15) is 5.70 Å². The molecule has 0 bridgehead atoms. The SMILES string of the molecule is COc1cc(/C=C(\NC(=O)c2ccccc2)C(=O)Nc2ccc(SCC(=O)c3ccc(Br)cc3)cc2)cc(OC)c1OC. The van der Waals surface area contributed by atoms with Crippen molar-refractivity contribution in [2.24, 2.45) is 0 Å². The lowest BCUT2D eigenvalue weighted by atomic mass is 10.1. The van der Waals surface area contributed by atoms with Gasteiger partial charge in [0.05, 0.1) is 27.1 Å². The Morgan fingerprint density at radius 2 is 1.42 bits per heavy atom. The molecule has 0 aliphatic rings. The summed E-state index contributed by atoms with van der Waals surface area (Å²) in [5.41, 5.74) is 2.09. The van der Waals surface area contributed by atoms with Gasteiger partial charge in [-0.15, -0.1) is 11.8 Å². The number of thioether (sulfide) groups is 1. The maximum atomic E-state index is 13.5. The number of nitrogens with one attached hydrogen (secondary N) is 2. The maximum Gasteiger partial charge on any atom is 0.272 e. The number of Topliss-reactive ketones (excluding diaryl/α,β-unsaturated/α-hetero) is 1. The summed E-state index contributed by atoms with van der Waals surface area (Å²) in [6.07, 6.45) is 1.53. The van der Waals surface area contributed by atoms with Crippen LogP contribution in [0.1, 0.15) is 26.3 Å². The molecule has 0 aliphatic carbocycles. The normalized spacial score (nSPS) is 10.9. The third-order valence-corrected chi connectivity index (χ3v) is 7.72. The molecule has 8 nitrogen and oxygen atoms in total. The summed E-state index contributed by atoms with van der Waals surface area (Å²) in [7, 11) is 4.49. The minimum absolute atomic E-state index is 0.00155. The largest absolute Gasteiger partial charge is 0.493 e. The van der Waals surface area contributed by atoms with E-state index in [-0.39, 0.29) is 17.2 Å². The molecular formula is C33H29BrN2O6S. The summed E-state index contributed by atoms with van der Waals surface area (Å²) in [6, 6.07) is 26.3. The summed E-state index contributed by atoms with van der Waals surface area (Å²) < 4.78 is 17.2. The number of hydrogen-bond donors (Lipinski definition) is 2. The standard InChI is InChI=1S/C33H29BrN2O6S/c1-40-29-18-21(19-30(41-2)31(29)42-3)17-27(36-32(38)23-7-5-4-6-8-23)33(39)35-25-13-15-26(16-14-25)43-20-28(37)22-9-11-24(34)12-10-22/h4-19H,20H2,1-3H3,(H,35,39)(H,36,38)/b27-17-. The number of halogens is 1. The molecule has 0 fully saturated rings. The van der Waals surface area contributed by atoms with Crippen molar-refractivity contribution in [2.45, 2.75) is 4.90 Å². The molecule has 0 aliphatic heterocycles. The highest BCUT2D eigenvalue weighted by Gasteiger charge is 2.18. The Morgan fingerprint density at radius 1 is 0.791 bits per heavy atom. The van der Waals surface area contributed by atoms with Gasteiger partial charge in [-0.3, -0.25) is 14.4 Å². The van der Waals surface area contributed by atoms with Gasteiger partial charge >= 0.3 is 0 Å². The Morgan fingerprint density at radius 3 is 2.00 bits per heavy atom. The molecule has 0 spiro atoms. The van der Waals surface area contributed by atoms with Crippen LogP contribution in [-0.4, -0.2) is 44.7 Å². The summed E-state index contributed by atoms with van der Waals surface area (Å²) in [5, 5.41) is 5.55. The highest BCUT2D eigenvalue weighted by Crippen LogP contribution is 2.38. The molecule has 4 aromatic rings. The van der Waals surface area contributed by atoms with Gasteiger partial charge in [0, 0.05) is 26.2 Å². The lowest BCUT2D eigenvalue weighted by Gasteiger charge is -2.15. The summed E-state index contributed by atoms with van der Waals surface area (Å²) in [4.78, 5) is 39.9. The Kier molecular flexibility index (Phi) is 11.0. The highest BCUT2D eigenvalue weighted by molar-refractivity contribution is 9.10. The second-order valence-corrected chi connectivity index (χ2v) is 11.0. The lowest BCUT2D eigenvalue weighted by Crippen LogP contribution is -2.30. The smallest absolute Gasteiger partial charge is 0.272 e. The molecule has 2 N–H and O–H groups in total. The first kappa shape index (κ1) is 31.4. The molecule has 43 heavy (non-hydrogen) atoms. The zero-order valence-electron chi connectivity index (χ0n) is 23.7. The number of ketones is 1. The molecule has 4 aromatic carbocycles. The Balaban J connectivity index is 1.53. The predicted molar refractivity (Wildman–Crippen MR) is 172 cm³/mol. The van der Waals surface area contributed by atoms with E-state index in [1.807, 2.05) is 24.3 Å². The van der Waals surface area contributed by atoms with Crippen molar-refractivity contribution in [1.29, 1.82) is 0 Å². The second-order valence-electron chi connectivity index (χ2n) is 9.03. The zero-order chi connectivity index (χ0) is 30.8. The quantitative estimate of drug-likeness (QED) is 0.0972. The van der Waals surface area contributed by atoms with Crippen LogP contribution in [0.4, 0.5) is 5.69 Å². The number of amides is 2. The van der Waals surface area contributed by atoms with Crippen molar-refractivity contribution in [2.75, 3.05) is 32.4 Å². The fourth-order valence-electron chi connectivity index (χ4n) is 3.99. The van der Waals surface area contributed by atoms with Gasteiger partial charge < -0.3 is 24.8 Å². The van der Waals surface area contributed by atoms with Gasteiger partial charge in [0.25, 0.3) is 11.8 Å². The highest BCUT2D eigenvalue weighted by atomic mass is 79.9. The van der Waals surface area contributed by atoms with Gasteiger partial charge in [-0.25, -0.2) is 0 Å². The van der Waals surface area contributed by atoms with Gasteiger partial charge in [-0.1, -0.05) is 46.3 Å². The Bertz CT molecular complexity index is 1600. The second kappa shape index (κ2) is 15.1. The summed E-state index contributed by atoms with van der Waals surface area (Å²) >= 11 is 4.78. The van der Waals surface area contributed by atoms with Crippen LogP contribution in [-0.2, 0) is 4.79 Å². The van der Waals surface area contributed by atoms with E-state index in [4.69, 9.17) is 14.2 Å². The predicted octanol–water partition coefficient (Wildman–Crippen LogP) is 6.86. The number of benzene rings is 4. The van der Waals surface area contributed by atoms with E-state index in [0.717, 1.165) is 9.37 Å². The first-order chi connectivity index (χ1) is 20.8. The molecule has 0 aromatic heterocycles. The number of hydrogen-bond acceptors (Lipinski definition) is 7. The van der Waals surface area contributed by atoms with E-state index < -0.39 is 11.8 Å². The fourth-order valence-corrected chi connectivity index (χ4v) is 5.05. The Labute approximate surface area is 262 Å². The molecule has 0 atom stereocenters.